The van der Waals surface area contributed by atoms with Gasteiger partial charge in [-0.2, -0.15) is 0 Å². The highest BCUT2D eigenvalue weighted by molar-refractivity contribution is 7.22. The molecule has 12 aromatic rings. The lowest BCUT2D eigenvalue weighted by molar-refractivity contribution is 1.07. The van der Waals surface area contributed by atoms with Gasteiger partial charge in [0.2, 0.25) is 0 Å². The lowest BCUT2D eigenvalue weighted by Crippen LogP contribution is -2.72. The lowest BCUT2D eigenvalue weighted by Gasteiger charge is -2.31. The van der Waals surface area contributed by atoms with Crippen molar-refractivity contribution < 1.29 is 0 Å². The molecule has 13 rings (SSSR count). The molecular formula is C63H42N4Si. The molecular weight excluding hydrogens is 841 g/mol. The summed E-state index contributed by atoms with van der Waals surface area (Å²) in [5.74, 6) is 1.94. The molecule has 1 aliphatic heterocycles. The average molecular weight is 883 g/mol. The van der Waals surface area contributed by atoms with Gasteiger partial charge in [-0.25, -0.2) is 15.0 Å². The Morgan fingerprint density at radius 3 is 1.35 bits per heavy atom. The molecule has 0 fully saturated rings. The summed E-state index contributed by atoms with van der Waals surface area (Å²) in [6.07, 6.45) is 0. The normalized spacial score (nSPS) is 13.9. The van der Waals surface area contributed by atoms with Crippen LogP contribution in [0.15, 0.2) is 255 Å². The van der Waals surface area contributed by atoms with Gasteiger partial charge in [-0.05, 0) is 84.5 Å². The maximum absolute atomic E-state index is 5.11. The predicted octanol–water partition coefficient (Wildman–Crippen LogP) is 12.7. The standard InChI is InChI=1S/C63H42N4Si/c1-5-17-43(18-6-1)45-29-34-50(35-30-45)67-57-27-15-13-25-53(57)55-42-52(38-39-58(55)67)68(59-28-16-14-26-54(59)56-41-49(33-40-60(56)68)44-19-7-2-8-20-44)51-36-31-48(32-37-51)63-65-61(46-21-9-3-10-22-46)64-62(66-63)47-23-11-4-12-24-47/h1-42H. The van der Waals surface area contributed by atoms with Crippen molar-refractivity contribution in [2.75, 3.05) is 0 Å². The Hall–Kier alpha value is -8.77. The zero-order valence-electron chi connectivity index (χ0n) is 37.0. The van der Waals surface area contributed by atoms with E-state index >= 15 is 0 Å². The van der Waals surface area contributed by atoms with Gasteiger partial charge in [0.05, 0.1) is 11.0 Å². The van der Waals surface area contributed by atoms with E-state index < -0.39 is 8.07 Å². The maximum Gasteiger partial charge on any atom is 0.180 e. The first kappa shape index (κ1) is 39.6. The van der Waals surface area contributed by atoms with Crippen LogP contribution in [0.1, 0.15) is 0 Å². The molecule has 0 N–H and O–H groups in total. The smallest absolute Gasteiger partial charge is 0.180 e. The van der Waals surface area contributed by atoms with E-state index in [1.165, 1.54) is 75.9 Å². The summed E-state index contributed by atoms with van der Waals surface area (Å²) in [5, 5.41) is 7.92. The van der Waals surface area contributed by atoms with E-state index in [1.54, 1.807) is 0 Å². The van der Waals surface area contributed by atoms with Crippen LogP contribution in [-0.4, -0.2) is 27.6 Å². The van der Waals surface area contributed by atoms with E-state index in [0.717, 1.165) is 22.4 Å². The zero-order valence-corrected chi connectivity index (χ0v) is 38.0. The van der Waals surface area contributed by atoms with Gasteiger partial charge in [-0.1, -0.05) is 224 Å². The molecule has 0 radical (unpaired) electrons. The number of nitrogens with zero attached hydrogens (tertiary/aromatic N) is 4. The molecule has 68 heavy (non-hydrogen) atoms. The Morgan fingerprint density at radius 1 is 0.279 bits per heavy atom. The Labute approximate surface area is 396 Å². The van der Waals surface area contributed by atoms with Gasteiger partial charge in [0.25, 0.3) is 0 Å². The van der Waals surface area contributed by atoms with Crippen molar-refractivity contribution in [3.05, 3.63) is 255 Å². The minimum atomic E-state index is -2.98. The van der Waals surface area contributed by atoms with E-state index in [4.69, 9.17) is 15.0 Å². The summed E-state index contributed by atoms with van der Waals surface area (Å²) in [5.41, 5.74) is 13.8. The summed E-state index contributed by atoms with van der Waals surface area (Å²) >= 11 is 0. The summed E-state index contributed by atoms with van der Waals surface area (Å²) in [4.78, 5) is 15.2. The van der Waals surface area contributed by atoms with Crippen molar-refractivity contribution in [2.24, 2.45) is 0 Å². The highest BCUT2D eigenvalue weighted by Gasteiger charge is 2.49. The molecule has 1 aliphatic rings. The fourth-order valence-corrected chi connectivity index (χ4v) is 15.7. The first-order valence-electron chi connectivity index (χ1n) is 23.2. The van der Waals surface area contributed by atoms with E-state index in [9.17, 15) is 0 Å². The second-order valence-electron chi connectivity index (χ2n) is 17.5. The number of aromatic nitrogens is 4. The second-order valence-corrected chi connectivity index (χ2v) is 21.3. The first-order chi connectivity index (χ1) is 33.7. The van der Waals surface area contributed by atoms with Crippen LogP contribution in [0.2, 0.25) is 0 Å². The van der Waals surface area contributed by atoms with Crippen LogP contribution >= 0.6 is 0 Å². The molecule has 318 valence electrons. The van der Waals surface area contributed by atoms with E-state index in [2.05, 4.69) is 223 Å². The summed E-state index contributed by atoms with van der Waals surface area (Å²) in [6.45, 7) is 0. The van der Waals surface area contributed by atoms with Crippen LogP contribution in [0.25, 0.3) is 95.0 Å². The minimum Gasteiger partial charge on any atom is -0.309 e. The summed E-state index contributed by atoms with van der Waals surface area (Å²) in [7, 11) is -2.98. The molecule has 2 aromatic heterocycles. The quantitative estimate of drug-likeness (QED) is 0.143. The Kier molecular flexibility index (Phi) is 9.48. The number of fused-ring (bicyclic) bond motifs is 6. The van der Waals surface area contributed by atoms with Crippen molar-refractivity contribution in [1.82, 2.24) is 19.5 Å². The molecule has 0 saturated heterocycles. The number of para-hydroxylation sites is 1. The third kappa shape index (κ3) is 6.47. The van der Waals surface area contributed by atoms with E-state index in [1.807, 2.05) is 36.4 Å². The van der Waals surface area contributed by atoms with E-state index in [-0.39, 0.29) is 0 Å². The Morgan fingerprint density at radius 2 is 0.721 bits per heavy atom. The van der Waals surface area contributed by atoms with Gasteiger partial charge in [0, 0.05) is 33.2 Å². The number of rotatable bonds is 8. The molecule has 0 aliphatic carbocycles. The molecule has 0 saturated carbocycles. The van der Waals surface area contributed by atoms with Crippen molar-refractivity contribution in [3.8, 4) is 73.2 Å². The third-order valence-electron chi connectivity index (χ3n) is 13.8. The molecule has 0 amide bonds. The van der Waals surface area contributed by atoms with E-state index in [0.29, 0.717) is 17.5 Å². The Balaban J connectivity index is 1.02. The maximum atomic E-state index is 5.11. The topological polar surface area (TPSA) is 43.6 Å². The van der Waals surface area contributed by atoms with Gasteiger partial charge >= 0.3 is 0 Å². The van der Waals surface area contributed by atoms with Crippen molar-refractivity contribution >= 4 is 50.6 Å². The molecule has 0 spiro atoms. The predicted molar refractivity (Wildman–Crippen MR) is 284 cm³/mol. The zero-order chi connectivity index (χ0) is 45.0. The molecule has 4 nitrogen and oxygen atoms in total. The molecule has 1 unspecified atom stereocenters. The highest BCUT2D eigenvalue weighted by atomic mass is 28.3. The van der Waals surface area contributed by atoms with Crippen LogP contribution in [0, 0.1) is 0 Å². The van der Waals surface area contributed by atoms with Crippen LogP contribution < -0.4 is 20.7 Å². The van der Waals surface area contributed by atoms with Gasteiger partial charge in [-0.15, -0.1) is 0 Å². The number of hydrogen-bond acceptors (Lipinski definition) is 3. The monoisotopic (exact) mass is 882 g/mol. The Bertz CT molecular complexity index is 3760. The van der Waals surface area contributed by atoms with Crippen molar-refractivity contribution in [1.29, 1.82) is 0 Å². The fraction of sp³-hybridized carbons (Fsp3) is 0. The van der Waals surface area contributed by atoms with Gasteiger partial charge in [-0.3, -0.25) is 0 Å². The summed E-state index contributed by atoms with van der Waals surface area (Å²) < 4.78 is 2.43. The SMILES string of the molecule is c1ccc(-c2ccc(-n3c4ccccc4c4cc([Si]5(c6ccc(-c7nc(-c8ccccc8)nc(-c8ccccc8)n7)cc6)c6ccccc6-c6cc(-c7ccccc7)ccc65)ccc43)cc2)cc1. The van der Waals surface area contributed by atoms with Crippen LogP contribution in [-0.2, 0) is 0 Å². The largest absolute Gasteiger partial charge is 0.309 e. The fourth-order valence-electron chi connectivity index (χ4n) is 10.6. The van der Waals surface area contributed by atoms with Crippen LogP contribution in [0.3, 0.4) is 0 Å². The first-order valence-corrected chi connectivity index (χ1v) is 25.2. The lowest BCUT2D eigenvalue weighted by atomic mass is 9.99. The average Bonchev–Trinajstić information content (AvgIpc) is 3.92. The van der Waals surface area contributed by atoms with Gasteiger partial charge < -0.3 is 4.57 Å². The van der Waals surface area contributed by atoms with Gasteiger partial charge in [0.1, 0.15) is 0 Å². The summed E-state index contributed by atoms with van der Waals surface area (Å²) in [6, 6.07) is 92.4. The molecule has 10 aromatic carbocycles. The molecule has 1 atom stereocenters. The second kappa shape index (κ2) is 16.3. The van der Waals surface area contributed by atoms with Crippen LogP contribution in [0.5, 0.6) is 0 Å². The number of hydrogen-bond donors (Lipinski definition) is 0. The minimum absolute atomic E-state index is 0.644. The van der Waals surface area contributed by atoms with Crippen molar-refractivity contribution in [3.63, 3.8) is 0 Å². The van der Waals surface area contributed by atoms with Gasteiger partial charge in [0.15, 0.2) is 25.5 Å². The van der Waals surface area contributed by atoms with Crippen LogP contribution in [0.4, 0.5) is 0 Å². The highest BCUT2D eigenvalue weighted by Crippen LogP contribution is 2.36. The molecule has 0 bridgehead atoms. The molecule has 3 heterocycles. The van der Waals surface area contributed by atoms with Crippen molar-refractivity contribution in [2.45, 2.75) is 0 Å². The molecule has 5 heteroatoms. The third-order valence-corrected chi connectivity index (χ3v) is 18.6. The number of benzene rings is 10.